The predicted octanol–water partition coefficient (Wildman–Crippen LogP) is 6.08. The maximum atomic E-state index is 11.9. The maximum absolute atomic E-state index is 11.9. The third-order valence-electron chi connectivity index (χ3n) is 5.78. The molecule has 1 atom stereocenters. The molecule has 0 aromatic heterocycles. The second-order valence-corrected chi connectivity index (χ2v) is 8.55. The van der Waals surface area contributed by atoms with Gasteiger partial charge in [-0.2, -0.15) is 0 Å². The number of rotatable bonds is 19. The van der Waals surface area contributed by atoms with E-state index in [4.69, 9.17) is 9.47 Å². The minimum Gasteiger partial charge on any atom is -0.441 e. The quantitative estimate of drug-likeness (QED) is 0.261. The van der Waals surface area contributed by atoms with Crippen LogP contribution in [0.2, 0.25) is 0 Å². The summed E-state index contributed by atoms with van der Waals surface area (Å²) in [6.07, 6.45) is 20.0. The summed E-state index contributed by atoms with van der Waals surface area (Å²) >= 11 is 0. The van der Waals surface area contributed by atoms with Crippen LogP contribution in [0.25, 0.3) is 0 Å². The van der Waals surface area contributed by atoms with Gasteiger partial charge >= 0.3 is 6.09 Å². The molecule has 1 rings (SSSR count). The molecule has 1 heterocycles. The second-order valence-electron chi connectivity index (χ2n) is 8.55. The normalized spacial score (nSPS) is 15.0. The van der Waals surface area contributed by atoms with Crippen LogP contribution < -0.4 is 0 Å². The molecular weight excluding hydrogens is 366 g/mol. The highest BCUT2D eigenvalue weighted by molar-refractivity contribution is 5.68. The average Bonchev–Trinajstić information content (AvgIpc) is 3.27. The molecule has 1 aliphatic heterocycles. The smallest absolute Gasteiger partial charge is 0.410 e. The fraction of sp³-hybridized carbons (Fsp3) is 0.958. The lowest BCUT2D eigenvalue weighted by atomic mass is 10.0. The van der Waals surface area contributed by atoms with Gasteiger partial charge in [0.05, 0.1) is 13.2 Å². The molecular formula is C24H47NO4. The Morgan fingerprint density at radius 3 is 1.79 bits per heavy atom. The zero-order valence-corrected chi connectivity index (χ0v) is 19.0. The Balaban J connectivity index is 1.81. The molecule has 1 saturated heterocycles. The fourth-order valence-corrected chi connectivity index (χ4v) is 3.85. The molecule has 0 aromatic carbocycles. The Morgan fingerprint density at radius 2 is 1.31 bits per heavy atom. The standard InChI is InChI=1S/C24H47NO4/c1-2-3-4-5-6-7-8-9-10-11-12-13-14-17-20-28-22-23(21-26)29-24(27)25-18-15-16-19-25/h23,26H,2-22H2,1H3. The van der Waals surface area contributed by atoms with E-state index in [2.05, 4.69) is 6.92 Å². The van der Waals surface area contributed by atoms with E-state index in [-0.39, 0.29) is 19.3 Å². The average molecular weight is 414 g/mol. The summed E-state index contributed by atoms with van der Waals surface area (Å²) in [7, 11) is 0. The third kappa shape index (κ3) is 14.8. The van der Waals surface area contributed by atoms with Crippen LogP contribution in [-0.2, 0) is 9.47 Å². The van der Waals surface area contributed by atoms with Gasteiger partial charge in [0.2, 0.25) is 0 Å². The second kappa shape index (κ2) is 19.2. The first kappa shape index (κ1) is 26.2. The SMILES string of the molecule is CCCCCCCCCCCCCCCCOCC(CO)OC(=O)N1CCCC1. The zero-order valence-electron chi connectivity index (χ0n) is 19.0. The first-order chi connectivity index (χ1) is 14.3. The van der Waals surface area contributed by atoms with Crippen molar-refractivity contribution in [1.29, 1.82) is 0 Å². The Bertz CT molecular complexity index is 372. The van der Waals surface area contributed by atoms with Gasteiger partial charge in [-0.1, -0.05) is 90.4 Å². The molecule has 1 amide bonds. The van der Waals surface area contributed by atoms with E-state index in [0.29, 0.717) is 6.61 Å². The molecule has 1 aliphatic rings. The van der Waals surface area contributed by atoms with Crippen LogP contribution in [0.1, 0.15) is 110 Å². The van der Waals surface area contributed by atoms with Gasteiger partial charge in [-0.25, -0.2) is 4.79 Å². The lowest BCUT2D eigenvalue weighted by Crippen LogP contribution is -2.35. The molecule has 0 aromatic rings. The molecule has 5 heteroatoms. The van der Waals surface area contributed by atoms with Crippen molar-refractivity contribution in [2.45, 2.75) is 116 Å². The molecule has 1 N–H and O–H groups in total. The molecule has 0 radical (unpaired) electrons. The van der Waals surface area contributed by atoms with Crippen LogP contribution in [0.4, 0.5) is 4.79 Å². The van der Waals surface area contributed by atoms with E-state index < -0.39 is 6.10 Å². The van der Waals surface area contributed by atoms with E-state index in [1.807, 2.05) is 0 Å². The minimum atomic E-state index is -0.547. The number of likely N-dealkylation sites (tertiary alicyclic amines) is 1. The van der Waals surface area contributed by atoms with Crippen molar-refractivity contribution in [3.63, 3.8) is 0 Å². The lowest BCUT2D eigenvalue weighted by Gasteiger charge is -2.20. The Labute approximate surface area is 179 Å². The molecule has 5 nitrogen and oxygen atoms in total. The topological polar surface area (TPSA) is 59.0 Å². The van der Waals surface area contributed by atoms with Crippen LogP contribution in [0.5, 0.6) is 0 Å². The summed E-state index contributed by atoms with van der Waals surface area (Å²) in [6, 6.07) is 0. The first-order valence-electron chi connectivity index (χ1n) is 12.4. The van der Waals surface area contributed by atoms with Gasteiger partial charge in [0.25, 0.3) is 0 Å². The molecule has 0 aliphatic carbocycles. The number of aliphatic hydroxyl groups excluding tert-OH is 1. The van der Waals surface area contributed by atoms with Gasteiger partial charge in [0, 0.05) is 19.7 Å². The Kier molecular flexibility index (Phi) is 17.3. The Hall–Kier alpha value is -0.810. The molecule has 29 heavy (non-hydrogen) atoms. The molecule has 0 bridgehead atoms. The van der Waals surface area contributed by atoms with Crippen molar-refractivity contribution in [3.8, 4) is 0 Å². The third-order valence-corrected chi connectivity index (χ3v) is 5.78. The number of ether oxygens (including phenoxy) is 2. The van der Waals surface area contributed by atoms with E-state index >= 15 is 0 Å². The maximum Gasteiger partial charge on any atom is 0.410 e. The summed E-state index contributed by atoms with van der Waals surface area (Å²) in [5.74, 6) is 0. The van der Waals surface area contributed by atoms with Crippen molar-refractivity contribution in [2.75, 3.05) is 32.9 Å². The molecule has 1 unspecified atom stereocenters. The monoisotopic (exact) mass is 413 g/mol. The van der Waals surface area contributed by atoms with Gasteiger partial charge in [-0.3, -0.25) is 0 Å². The van der Waals surface area contributed by atoms with Crippen LogP contribution in [-0.4, -0.2) is 55.1 Å². The van der Waals surface area contributed by atoms with Crippen molar-refractivity contribution in [2.24, 2.45) is 0 Å². The fourth-order valence-electron chi connectivity index (χ4n) is 3.85. The number of unbranched alkanes of at least 4 members (excludes halogenated alkanes) is 13. The van der Waals surface area contributed by atoms with Crippen molar-refractivity contribution >= 4 is 6.09 Å². The van der Waals surface area contributed by atoms with Crippen LogP contribution >= 0.6 is 0 Å². The highest BCUT2D eigenvalue weighted by Crippen LogP contribution is 2.13. The van der Waals surface area contributed by atoms with E-state index in [1.165, 1.54) is 83.5 Å². The molecule has 1 fully saturated rings. The van der Waals surface area contributed by atoms with Crippen molar-refractivity contribution in [3.05, 3.63) is 0 Å². The van der Waals surface area contributed by atoms with Crippen LogP contribution in [0.15, 0.2) is 0 Å². The number of hydrogen-bond donors (Lipinski definition) is 1. The lowest BCUT2D eigenvalue weighted by molar-refractivity contribution is -0.0177. The summed E-state index contributed by atoms with van der Waals surface area (Å²) in [5.41, 5.74) is 0. The van der Waals surface area contributed by atoms with E-state index in [0.717, 1.165) is 32.4 Å². The summed E-state index contributed by atoms with van der Waals surface area (Å²) < 4.78 is 10.9. The van der Waals surface area contributed by atoms with E-state index in [1.54, 1.807) is 4.90 Å². The number of amides is 1. The van der Waals surface area contributed by atoms with Crippen molar-refractivity contribution < 1.29 is 19.4 Å². The van der Waals surface area contributed by atoms with Gasteiger partial charge in [-0.15, -0.1) is 0 Å². The van der Waals surface area contributed by atoms with Crippen molar-refractivity contribution in [1.82, 2.24) is 4.90 Å². The van der Waals surface area contributed by atoms with Crippen LogP contribution in [0.3, 0.4) is 0 Å². The number of carbonyl (C=O) groups excluding carboxylic acids is 1. The van der Waals surface area contributed by atoms with E-state index in [9.17, 15) is 9.90 Å². The first-order valence-corrected chi connectivity index (χ1v) is 12.4. The summed E-state index contributed by atoms with van der Waals surface area (Å²) in [4.78, 5) is 13.6. The highest BCUT2D eigenvalue weighted by Gasteiger charge is 2.22. The molecule has 0 spiro atoms. The predicted molar refractivity (Wildman–Crippen MR) is 119 cm³/mol. The van der Waals surface area contributed by atoms with Gasteiger partial charge in [-0.05, 0) is 19.3 Å². The van der Waals surface area contributed by atoms with Gasteiger partial charge < -0.3 is 19.5 Å². The number of aliphatic hydroxyl groups is 1. The minimum absolute atomic E-state index is 0.182. The Morgan fingerprint density at radius 1 is 0.828 bits per heavy atom. The van der Waals surface area contributed by atoms with Gasteiger partial charge in [0.15, 0.2) is 0 Å². The number of carbonyl (C=O) groups is 1. The zero-order chi connectivity index (χ0) is 21.0. The largest absolute Gasteiger partial charge is 0.441 e. The number of nitrogens with zero attached hydrogens (tertiary/aromatic N) is 1. The summed E-state index contributed by atoms with van der Waals surface area (Å²) in [6.45, 7) is 4.57. The number of hydrogen-bond acceptors (Lipinski definition) is 4. The molecule has 172 valence electrons. The molecule has 0 saturated carbocycles. The highest BCUT2D eigenvalue weighted by atomic mass is 16.6. The van der Waals surface area contributed by atoms with Crippen LogP contribution in [0, 0.1) is 0 Å². The summed E-state index contributed by atoms with van der Waals surface area (Å²) in [5, 5.41) is 9.37. The van der Waals surface area contributed by atoms with Gasteiger partial charge in [0.1, 0.15) is 6.10 Å².